The molecule has 12 heavy (non-hydrogen) atoms. The summed E-state index contributed by atoms with van der Waals surface area (Å²) < 4.78 is 0. The lowest BCUT2D eigenvalue weighted by molar-refractivity contribution is -0.117. The molecular formula is C8H17ClN2O. The number of nitrogens with two attached hydrogens (primary N) is 1. The van der Waals surface area contributed by atoms with Crippen LogP contribution in [0.25, 0.3) is 0 Å². The first kappa shape index (κ1) is 13.9. The Morgan fingerprint density at radius 2 is 1.92 bits per heavy atom. The first-order chi connectivity index (χ1) is 5.09. The van der Waals surface area contributed by atoms with E-state index in [0.29, 0.717) is 17.8 Å². The van der Waals surface area contributed by atoms with Crippen LogP contribution in [0.3, 0.4) is 0 Å². The smallest absolute Gasteiger partial charge is 0.248 e. The van der Waals surface area contributed by atoms with Gasteiger partial charge in [0.25, 0.3) is 0 Å². The van der Waals surface area contributed by atoms with Gasteiger partial charge in [0, 0.05) is 17.8 Å². The normalized spacial score (nSPS) is 11.2. The predicted octanol–water partition coefficient (Wildman–Crippen LogP) is 1.19. The second kappa shape index (κ2) is 6.98. The fourth-order valence-corrected chi connectivity index (χ4v) is 0.550. The Hall–Kier alpha value is -0.700. The van der Waals surface area contributed by atoms with E-state index in [2.05, 4.69) is 5.32 Å². The summed E-state index contributed by atoms with van der Waals surface area (Å²) in [6.07, 6.45) is 0.947. The number of hydrogen-bond acceptors (Lipinski definition) is 2. The number of halogens is 1. The van der Waals surface area contributed by atoms with Crippen LogP contribution in [0.1, 0.15) is 27.2 Å². The Bertz CT molecular complexity index is 174. The Morgan fingerprint density at radius 1 is 1.42 bits per heavy atom. The summed E-state index contributed by atoms with van der Waals surface area (Å²) in [5.74, 6) is -0.0631. The van der Waals surface area contributed by atoms with Crippen LogP contribution in [-0.4, -0.2) is 12.5 Å². The molecule has 72 valence electrons. The minimum atomic E-state index is -0.0631. The van der Waals surface area contributed by atoms with Gasteiger partial charge in [-0.3, -0.25) is 4.79 Å². The quantitative estimate of drug-likeness (QED) is 0.660. The molecule has 0 heterocycles. The van der Waals surface area contributed by atoms with Crippen molar-refractivity contribution in [2.75, 3.05) is 6.54 Å². The topological polar surface area (TPSA) is 55.1 Å². The average Bonchev–Trinajstić information content (AvgIpc) is 1.98. The second-order valence-corrected chi connectivity index (χ2v) is 2.56. The molecule has 0 aromatic carbocycles. The zero-order valence-corrected chi connectivity index (χ0v) is 8.62. The summed E-state index contributed by atoms with van der Waals surface area (Å²) in [4.78, 5) is 11.1. The summed E-state index contributed by atoms with van der Waals surface area (Å²) in [6.45, 7) is 6.17. The molecule has 4 heteroatoms. The van der Waals surface area contributed by atoms with Crippen molar-refractivity contribution in [2.24, 2.45) is 5.73 Å². The van der Waals surface area contributed by atoms with Gasteiger partial charge in [-0.25, -0.2) is 0 Å². The van der Waals surface area contributed by atoms with Crippen LogP contribution in [-0.2, 0) is 4.79 Å². The van der Waals surface area contributed by atoms with E-state index in [0.717, 1.165) is 6.42 Å². The van der Waals surface area contributed by atoms with Crippen LogP contribution in [0.5, 0.6) is 0 Å². The highest BCUT2D eigenvalue weighted by Gasteiger charge is 2.03. The summed E-state index contributed by atoms with van der Waals surface area (Å²) in [7, 11) is 0. The number of rotatable bonds is 3. The Labute approximate surface area is 79.8 Å². The van der Waals surface area contributed by atoms with E-state index in [1.165, 1.54) is 0 Å². The van der Waals surface area contributed by atoms with Gasteiger partial charge < -0.3 is 11.1 Å². The number of nitrogens with one attached hydrogen (secondary N) is 1. The summed E-state index contributed by atoms with van der Waals surface area (Å²) in [5.41, 5.74) is 6.62. The van der Waals surface area contributed by atoms with Gasteiger partial charge in [0.05, 0.1) is 0 Å². The second-order valence-electron chi connectivity index (χ2n) is 2.56. The van der Waals surface area contributed by atoms with Crippen LogP contribution in [0.2, 0.25) is 0 Å². The molecule has 0 aliphatic heterocycles. The summed E-state index contributed by atoms with van der Waals surface area (Å²) in [6, 6.07) is 0. The number of allylic oxidation sites excluding steroid dienone is 1. The third kappa shape index (κ3) is 5.02. The standard InChI is InChI=1S/C8H16N2O.ClH/c1-4-5-10-8(11)6(2)7(3)9;/h4-5,9H2,1-3H3,(H,10,11);1H/b7-6-;. The molecule has 0 saturated carbocycles. The van der Waals surface area contributed by atoms with Crippen LogP contribution < -0.4 is 11.1 Å². The van der Waals surface area contributed by atoms with Crippen LogP contribution in [0.15, 0.2) is 11.3 Å². The molecule has 3 nitrogen and oxygen atoms in total. The fourth-order valence-electron chi connectivity index (χ4n) is 0.550. The molecule has 0 atom stereocenters. The van der Waals surface area contributed by atoms with Crippen molar-refractivity contribution in [3.05, 3.63) is 11.3 Å². The molecule has 0 radical (unpaired) electrons. The molecule has 0 aromatic rings. The van der Waals surface area contributed by atoms with Crippen LogP contribution >= 0.6 is 12.4 Å². The molecule has 3 N–H and O–H groups in total. The Balaban J connectivity index is 0. The number of amides is 1. The first-order valence-electron chi connectivity index (χ1n) is 3.80. The third-order valence-corrected chi connectivity index (χ3v) is 1.47. The van der Waals surface area contributed by atoms with E-state index in [1.54, 1.807) is 13.8 Å². The number of carbonyl (C=O) groups is 1. The third-order valence-electron chi connectivity index (χ3n) is 1.47. The van der Waals surface area contributed by atoms with Crippen molar-refractivity contribution in [1.82, 2.24) is 5.32 Å². The van der Waals surface area contributed by atoms with E-state index in [4.69, 9.17) is 5.73 Å². The van der Waals surface area contributed by atoms with Crippen molar-refractivity contribution in [3.63, 3.8) is 0 Å². The van der Waals surface area contributed by atoms with Crippen molar-refractivity contribution in [2.45, 2.75) is 27.2 Å². The maximum absolute atomic E-state index is 11.1. The van der Waals surface area contributed by atoms with Crippen LogP contribution in [0, 0.1) is 0 Å². The number of carbonyl (C=O) groups excluding carboxylic acids is 1. The minimum absolute atomic E-state index is 0. The minimum Gasteiger partial charge on any atom is -0.402 e. The molecule has 0 saturated heterocycles. The molecule has 0 bridgehead atoms. The fraction of sp³-hybridized carbons (Fsp3) is 0.625. The largest absolute Gasteiger partial charge is 0.402 e. The van der Waals surface area contributed by atoms with Crippen molar-refractivity contribution in [3.8, 4) is 0 Å². The molecule has 0 fully saturated rings. The molecule has 0 unspecified atom stereocenters. The van der Waals surface area contributed by atoms with Gasteiger partial charge >= 0.3 is 0 Å². The van der Waals surface area contributed by atoms with Gasteiger partial charge in [0.2, 0.25) is 5.91 Å². The molecule has 0 spiro atoms. The lowest BCUT2D eigenvalue weighted by atomic mass is 10.2. The van der Waals surface area contributed by atoms with Crippen LogP contribution in [0.4, 0.5) is 0 Å². The van der Waals surface area contributed by atoms with E-state index >= 15 is 0 Å². The summed E-state index contributed by atoms with van der Waals surface area (Å²) >= 11 is 0. The van der Waals surface area contributed by atoms with Gasteiger partial charge in [-0.15, -0.1) is 12.4 Å². The maximum atomic E-state index is 11.1. The molecule has 0 aliphatic rings. The lowest BCUT2D eigenvalue weighted by Crippen LogP contribution is -2.26. The number of hydrogen-bond donors (Lipinski definition) is 2. The molecule has 0 rings (SSSR count). The molecule has 0 aromatic heterocycles. The maximum Gasteiger partial charge on any atom is 0.248 e. The van der Waals surface area contributed by atoms with E-state index in [9.17, 15) is 4.79 Å². The molecule has 0 aliphatic carbocycles. The SMILES string of the molecule is CCCNC(=O)/C(C)=C(/C)N.Cl. The van der Waals surface area contributed by atoms with Gasteiger partial charge in [-0.2, -0.15) is 0 Å². The van der Waals surface area contributed by atoms with Crippen molar-refractivity contribution in [1.29, 1.82) is 0 Å². The van der Waals surface area contributed by atoms with Gasteiger partial charge in [-0.05, 0) is 20.3 Å². The zero-order valence-electron chi connectivity index (χ0n) is 7.81. The lowest BCUT2D eigenvalue weighted by Gasteiger charge is -2.04. The zero-order chi connectivity index (χ0) is 8.85. The molecular weight excluding hydrogens is 176 g/mol. The average molecular weight is 193 g/mol. The summed E-state index contributed by atoms with van der Waals surface area (Å²) in [5, 5.41) is 2.74. The van der Waals surface area contributed by atoms with E-state index in [-0.39, 0.29) is 18.3 Å². The highest BCUT2D eigenvalue weighted by molar-refractivity contribution is 5.93. The highest BCUT2D eigenvalue weighted by atomic mass is 35.5. The van der Waals surface area contributed by atoms with E-state index < -0.39 is 0 Å². The monoisotopic (exact) mass is 192 g/mol. The van der Waals surface area contributed by atoms with E-state index in [1.807, 2.05) is 6.92 Å². The van der Waals surface area contributed by atoms with Gasteiger partial charge in [-0.1, -0.05) is 6.92 Å². The Morgan fingerprint density at radius 3 is 2.25 bits per heavy atom. The first-order valence-corrected chi connectivity index (χ1v) is 3.80. The van der Waals surface area contributed by atoms with Crippen molar-refractivity contribution >= 4 is 18.3 Å². The van der Waals surface area contributed by atoms with Gasteiger partial charge in [0.15, 0.2) is 0 Å². The molecule has 1 amide bonds. The predicted molar refractivity (Wildman–Crippen MR) is 53.1 cm³/mol. The van der Waals surface area contributed by atoms with Crippen molar-refractivity contribution < 1.29 is 4.79 Å². The van der Waals surface area contributed by atoms with Gasteiger partial charge in [0.1, 0.15) is 0 Å². The highest BCUT2D eigenvalue weighted by Crippen LogP contribution is 1.95. The Kier molecular flexibility index (Phi) is 8.06.